The highest BCUT2D eigenvalue weighted by atomic mass is 19.1. The van der Waals surface area contributed by atoms with Crippen molar-refractivity contribution in [3.63, 3.8) is 0 Å². The molecule has 82 valence electrons. The lowest BCUT2D eigenvalue weighted by Crippen LogP contribution is -2.29. The summed E-state index contributed by atoms with van der Waals surface area (Å²) >= 11 is 0. The van der Waals surface area contributed by atoms with E-state index in [1.165, 1.54) is 0 Å². The van der Waals surface area contributed by atoms with Crippen molar-refractivity contribution in [1.82, 2.24) is 5.32 Å². The number of aryl methyl sites for hydroxylation is 1. The van der Waals surface area contributed by atoms with Gasteiger partial charge in [-0.25, -0.2) is 4.39 Å². The second-order valence-corrected chi connectivity index (χ2v) is 4.15. The Morgan fingerprint density at radius 2 is 2.27 bits per heavy atom. The van der Waals surface area contributed by atoms with Crippen LogP contribution in [0.15, 0.2) is 18.2 Å². The topological polar surface area (TPSA) is 15.3 Å². The number of rotatable bonds is 2. The normalized spacial score (nSPS) is 21.0. The molecule has 0 amide bonds. The van der Waals surface area contributed by atoms with E-state index in [4.69, 9.17) is 0 Å². The first kappa shape index (κ1) is 10.4. The van der Waals surface area contributed by atoms with Gasteiger partial charge in [-0.1, -0.05) is 6.07 Å². The molecular formula is C12H17FN2. The second-order valence-electron chi connectivity index (χ2n) is 4.15. The van der Waals surface area contributed by atoms with Crippen molar-refractivity contribution in [3.8, 4) is 0 Å². The molecule has 1 aliphatic heterocycles. The summed E-state index contributed by atoms with van der Waals surface area (Å²) in [5, 5.41) is 3.25. The predicted octanol–water partition coefficient (Wildman–Crippen LogP) is 1.93. The number of benzene rings is 1. The van der Waals surface area contributed by atoms with Gasteiger partial charge < -0.3 is 10.2 Å². The average Bonchev–Trinajstić information content (AvgIpc) is 2.70. The van der Waals surface area contributed by atoms with E-state index in [1.807, 2.05) is 19.2 Å². The van der Waals surface area contributed by atoms with Gasteiger partial charge >= 0.3 is 0 Å². The van der Waals surface area contributed by atoms with Crippen molar-refractivity contribution in [2.24, 2.45) is 0 Å². The minimum absolute atomic E-state index is 0.111. The molecule has 1 saturated heterocycles. The van der Waals surface area contributed by atoms with Crippen molar-refractivity contribution in [2.75, 3.05) is 25.0 Å². The first-order chi connectivity index (χ1) is 7.20. The summed E-state index contributed by atoms with van der Waals surface area (Å²) < 4.78 is 13.4. The van der Waals surface area contributed by atoms with E-state index in [1.54, 1.807) is 13.0 Å². The molecule has 0 saturated carbocycles. The van der Waals surface area contributed by atoms with E-state index < -0.39 is 0 Å². The van der Waals surface area contributed by atoms with E-state index in [0.717, 1.165) is 25.2 Å². The van der Waals surface area contributed by atoms with Crippen LogP contribution >= 0.6 is 0 Å². The summed E-state index contributed by atoms with van der Waals surface area (Å²) in [4.78, 5) is 2.23. The van der Waals surface area contributed by atoms with Crippen LogP contribution < -0.4 is 10.2 Å². The zero-order chi connectivity index (χ0) is 10.8. The van der Waals surface area contributed by atoms with Crippen molar-refractivity contribution < 1.29 is 4.39 Å². The third kappa shape index (κ3) is 2.12. The highest BCUT2D eigenvalue weighted by molar-refractivity contribution is 5.49. The first-order valence-electron chi connectivity index (χ1n) is 5.39. The zero-order valence-electron chi connectivity index (χ0n) is 9.26. The maximum atomic E-state index is 13.4. The van der Waals surface area contributed by atoms with E-state index in [9.17, 15) is 4.39 Å². The molecule has 1 aliphatic rings. The molecule has 1 N–H and O–H groups in total. The highest BCUT2D eigenvalue weighted by Crippen LogP contribution is 2.22. The van der Waals surface area contributed by atoms with Crippen molar-refractivity contribution in [2.45, 2.75) is 19.4 Å². The lowest BCUT2D eigenvalue weighted by molar-refractivity contribution is 0.613. The van der Waals surface area contributed by atoms with Crippen LogP contribution in [0.1, 0.15) is 12.0 Å². The molecule has 1 aromatic carbocycles. The monoisotopic (exact) mass is 208 g/mol. The van der Waals surface area contributed by atoms with Crippen LogP contribution in [0.2, 0.25) is 0 Å². The van der Waals surface area contributed by atoms with Gasteiger partial charge in [0, 0.05) is 24.8 Å². The van der Waals surface area contributed by atoms with Crippen LogP contribution in [0.3, 0.4) is 0 Å². The summed E-state index contributed by atoms with van der Waals surface area (Å²) in [7, 11) is 1.98. The molecule has 0 bridgehead atoms. The fourth-order valence-corrected chi connectivity index (χ4v) is 2.01. The molecule has 0 unspecified atom stereocenters. The molecular weight excluding hydrogens is 191 g/mol. The van der Waals surface area contributed by atoms with Crippen LogP contribution in [0.5, 0.6) is 0 Å². The smallest absolute Gasteiger partial charge is 0.128 e. The van der Waals surface area contributed by atoms with Crippen LogP contribution in [0, 0.1) is 12.7 Å². The van der Waals surface area contributed by atoms with Crippen LogP contribution in [-0.4, -0.2) is 26.2 Å². The molecule has 2 rings (SSSR count). The Morgan fingerprint density at radius 3 is 2.87 bits per heavy atom. The molecule has 1 atom stereocenters. The Morgan fingerprint density at radius 1 is 1.47 bits per heavy atom. The van der Waals surface area contributed by atoms with E-state index in [0.29, 0.717) is 11.6 Å². The first-order valence-corrected chi connectivity index (χ1v) is 5.39. The fourth-order valence-electron chi connectivity index (χ4n) is 2.01. The molecule has 15 heavy (non-hydrogen) atoms. The van der Waals surface area contributed by atoms with Gasteiger partial charge in [-0.05, 0) is 38.1 Å². The lowest BCUT2D eigenvalue weighted by atomic mass is 10.2. The molecule has 0 spiro atoms. The number of anilines is 1. The van der Waals surface area contributed by atoms with Gasteiger partial charge in [0.05, 0.1) is 0 Å². The Hall–Kier alpha value is -1.09. The van der Waals surface area contributed by atoms with Crippen molar-refractivity contribution >= 4 is 5.69 Å². The summed E-state index contributed by atoms with van der Waals surface area (Å²) in [5.74, 6) is -0.111. The van der Waals surface area contributed by atoms with Gasteiger partial charge in [-0.3, -0.25) is 0 Å². The van der Waals surface area contributed by atoms with Crippen LogP contribution in [0.4, 0.5) is 10.1 Å². The Balaban J connectivity index is 2.13. The second kappa shape index (κ2) is 4.19. The molecule has 2 nitrogen and oxygen atoms in total. The maximum absolute atomic E-state index is 13.4. The highest BCUT2D eigenvalue weighted by Gasteiger charge is 2.21. The van der Waals surface area contributed by atoms with Gasteiger partial charge in [0.1, 0.15) is 5.82 Å². The zero-order valence-corrected chi connectivity index (χ0v) is 9.26. The third-order valence-corrected chi connectivity index (χ3v) is 3.12. The predicted molar refractivity (Wildman–Crippen MR) is 60.8 cm³/mol. The molecule has 0 radical (unpaired) electrons. The Labute approximate surface area is 90.1 Å². The summed E-state index contributed by atoms with van der Waals surface area (Å²) in [6, 6.07) is 6.01. The van der Waals surface area contributed by atoms with Crippen molar-refractivity contribution in [1.29, 1.82) is 0 Å². The van der Waals surface area contributed by atoms with Crippen LogP contribution in [0.25, 0.3) is 0 Å². The van der Waals surface area contributed by atoms with E-state index in [2.05, 4.69) is 10.2 Å². The molecule has 0 aliphatic carbocycles. The third-order valence-electron chi connectivity index (χ3n) is 3.12. The number of nitrogens with zero attached hydrogens (tertiary/aromatic N) is 1. The van der Waals surface area contributed by atoms with E-state index >= 15 is 0 Å². The lowest BCUT2D eigenvalue weighted by Gasteiger charge is -2.19. The minimum atomic E-state index is -0.111. The molecule has 0 aromatic heterocycles. The van der Waals surface area contributed by atoms with Gasteiger partial charge in [0.15, 0.2) is 0 Å². The number of halogens is 1. The molecule has 1 heterocycles. The number of hydrogen-bond donors (Lipinski definition) is 1. The summed E-state index contributed by atoms with van der Waals surface area (Å²) in [5.41, 5.74) is 1.71. The van der Waals surface area contributed by atoms with E-state index in [-0.39, 0.29) is 5.82 Å². The summed E-state index contributed by atoms with van der Waals surface area (Å²) in [6.45, 7) is 3.77. The van der Waals surface area contributed by atoms with Gasteiger partial charge in [0.25, 0.3) is 0 Å². The molecule has 3 heteroatoms. The summed E-state index contributed by atoms with van der Waals surface area (Å²) in [6.07, 6.45) is 1.13. The number of hydrogen-bond acceptors (Lipinski definition) is 2. The SMILES string of the molecule is CN[C@H]1CCN(c2ccc(C)c(F)c2)C1. The molecule has 1 aromatic rings. The van der Waals surface area contributed by atoms with Crippen molar-refractivity contribution in [3.05, 3.63) is 29.6 Å². The van der Waals surface area contributed by atoms with Gasteiger partial charge in [-0.2, -0.15) is 0 Å². The van der Waals surface area contributed by atoms with Gasteiger partial charge in [0.2, 0.25) is 0 Å². The number of likely N-dealkylation sites (N-methyl/N-ethyl adjacent to an activating group) is 1. The Bertz CT molecular complexity index is 351. The number of nitrogens with one attached hydrogen (secondary N) is 1. The molecule has 1 fully saturated rings. The maximum Gasteiger partial charge on any atom is 0.128 e. The quantitative estimate of drug-likeness (QED) is 0.799. The largest absolute Gasteiger partial charge is 0.370 e. The fraction of sp³-hybridized carbons (Fsp3) is 0.500. The minimum Gasteiger partial charge on any atom is -0.370 e. The average molecular weight is 208 g/mol. The Kier molecular flexibility index (Phi) is 2.91. The standard InChI is InChI=1S/C12H17FN2/c1-9-3-4-11(7-12(9)13)15-6-5-10(8-15)14-2/h3-4,7,10,14H,5-6,8H2,1-2H3/t10-/m0/s1. The van der Waals surface area contributed by atoms with Gasteiger partial charge in [-0.15, -0.1) is 0 Å². The van der Waals surface area contributed by atoms with Crippen LogP contribution in [-0.2, 0) is 0 Å².